The lowest BCUT2D eigenvalue weighted by Crippen LogP contribution is -2.44. The highest BCUT2D eigenvalue weighted by atomic mass is 16.4. The van der Waals surface area contributed by atoms with Gasteiger partial charge in [0.2, 0.25) is 0 Å². The Kier molecular flexibility index (Phi) is 2.77. The number of carboxylic acids is 1. The number of carboxylic acid groups (broad SMARTS) is 1. The van der Waals surface area contributed by atoms with E-state index < -0.39 is 11.9 Å². The minimum absolute atomic E-state index is 0.148. The van der Waals surface area contributed by atoms with Crippen LogP contribution >= 0.6 is 0 Å². The van der Waals surface area contributed by atoms with Crippen molar-refractivity contribution in [1.29, 1.82) is 0 Å². The Morgan fingerprint density at radius 3 is 2.06 bits per heavy atom. The Balaban J connectivity index is 1.97. The average molecular weight is 222 g/mol. The van der Waals surface area contributed by atoms with E-state index in [1.54, 1.807) is 0 Å². The number of hydrogen-bond donors (Lipinski definition) is 0. The van der Waals surface area contributed by atoms with E-state index in [0.29, 0.717) is 25.7 Å². The second kappa shape index (κ2) is 4.08. The molecule has 1 heterocycles. The monoisotopic (exact) mass is 222 g/mol. The summed E-state index contributed by atoms with van der Waals surface area (Å²) in [5, 5.41) is 10.6. The second-order valence-electron chi connectivity index (χ2n) is 4.20. The van der Waals surface area contributed by atoms with Crippen molar-refractivity contribution in [3.8, 4) is 0 Å². The van der Waals surface area contributed by atoms with Gasteiger partial charge in [-0.15, -0.1) is 0 Å². The molecule has 0 aromatic carbocycles. The number of hydrogen-bond acceptors (Lipinski definition) is 4. The highest BCUT2D eigenvalue weighted by molar-refractivity contribution is 6.13. The maximum atomic E-state index is 11.4. The zero-order chi connectivity index (χ0) is 11.7. The summed E-state index contributed by atoms with van der Waals surface area (Å²) in [5.74, 6) is -2.04. The van der Waals surface area contributed by atoms with Crippen LogP contribution in [0.2, 0.25) is 0 Å². The molecule has 1 aliphatic heterocycles. The summed E-state index contributed by atoms with van der Waals surface area (Å²) in [4.78, 5) is 34.6. The lowest BCUT2D eigenvalue weighted by Gasteiger charge is -2.33. The Labute approximate surface area is 92.7 Å². The van der Waals surface area contributed by atoms with Crippen LogP contribution in [-0.4, -0.2) is 28.7 Å². The van der Waals surface area contributed by atoms with Gasteiger partial charge in [0.15, 0.2) is 0 Å². The van der Waals surface area contributed by atoms with Crippen molar-refractivity contribution in [3.63, 3.8) is 0 Å². The third-order valence-corrected chi connectivity index (χ3v) is 3.24. The highest BCUT2D eigenvalue weighted by Gasteiger charge is 2.34. The maximum Gasteiger partial charge on any atom is 0.253 e. The van der Waals surface area contributed by atoms with Crippen LogP contribution in [0.3, 0.4) is 0 Å². The van der Waals surface area contributed by atoms with E-state index in [9.17, 15) is 19.5 Å². The van der Waals surface area contributed by atoms with Gasteiger partial charge in [-0.3, -0.25) is 14.5 Å². The Morgan fingerprint density at radius 2 is 1.62 bits per heavy atom. The van der Waals surface area contributed by atoms with Crippen LogP contribution < -0.4 is 5.11 Å². The molecule has 0 spiro atoms. The van der Waals surface area contributed by atoms with E-state index in [-0.39, 0.29) is 17.9 Å². The topological polar surface area (TPSA) is 77.5 Å². The SMILES string of the molecule is O=C([O-])C1CCC(N2C(=O)C=CC2=O)CC1. The Morgan fingerprint density at radius 1 is 1.12 bits per heavy atom. The summed E-state index contributed by atoms with van der Waals surface area (Å²) in [6, 6.07) is -0.148. The lowest BCUT2D eigenvalue weighted by atomic mass is 9.85. The number of carbonyl (C=O) groups is 3. The third-order valence-electron chi connectivity index (χ3n) is 3.24. The summed E-state index contributed by atoms with van der Waals surface area (Å²) < 4.78 is 0. The minimum atomic E-state index is -1.03. The van der Waals surface area contributed by atoms with Crippen LogP contribution in [0.4, 0.5) is 0 Å². The van der Waals surface area contributed by atoms with Crippen LogP contribution in [0.25, 0.3) is 0 Å². The molecule has 0 unspecified atom stereocenters. The molecule has 1 fully saturated rings. The fourth-order valence-electron chi connectivity index (χ4n) is 2.34. The quantitative estimate of drug-likeness (QED) is 0.574. The van der Waals surface area contributed by atoms with E-state index in [4.69, 9.17) is 0 Å². The van der Waals surface area contributed by atoms with Gasteiger partial charge in [0.05, 0.1) is 0 Å². The number of amides is 2. The van der Waals surface area contributed by atoms with E-state index in [0.717, 1.165) is 0 Å². The molecule has 0 radical (unpaired) electrons. The number of imide groups is 1. The van der Waals surface area contributed by atoms with Crippen molar-refractivity contribution in [2.24, 2.45) is 5.92 Å². The number of aliphatic carboxylic acids is 1. The van der Waals surface area contributed by atoms with E-state index in [1.807, 2.05) is 0 Å². The number of rotatable bonds is 2. The molecule has 2 aliphatic rings. The molecule has 16 heavy (non-hydrogen) atoms. The molecule has 0 N–H and O–H groups in total. The van der Waals surface area contributed by atoms with E-state index in [2.05, 4.69) is 0 Å². The molecule has 1 saturated carbocycles. The number of nitrogens with zero attached hydrogens (tertiary/aromatic N) is 1. The predicted molar refractivity (Wildman–Crippen MR) is 51.7 cm³/mol. The van der Waals surface area contributed by atoms with Gasteiger partial charge in [0.25, 0.3) is 11.8 Å². The van der Waals surface area contributed by atoms with Crippen LogP contribution in [-0.2, 0) is 14.4 Å². The molecule has 0 aromatic rings. The molecule has 0 aromatic heterocycles. The first-order chi connectivity index (χ1) is 7.59. The first-order valence-corrected chi connectivity index (χ1v) is 5.35. The van der Waals surface area contributed by atoms with Crippen molar-refractivity contribution in [1.82, 2.24) is 4.90 Å². The number of carbonyl (C=O) groups excluding carboxylic acids is 3. The minimum Gasteiger partial charge on any atom is -0.550 e. The van der Waals surface area contributed by atoms with Gasteiger partial charge < -0.3 is 9.90 Å². The normalized spacial score (nSPS) is 29.9. The van der Waals surface area contributed by atoms with Crippen LogP contribution in [0.15, 0.2) is 12.2 Å². The summed E-state index contributed by atoms with van der Waals surface area (Å²) in [6.07, 6.45) is 4.57. The van der Waals surface area contributed by atoms with Crippen LogP contribution in [0.5, 0.6) is 0 Å². The smallest absolute Gasteiger partial charge is 0.253 e. The van der Waals surface area contributed by atoms with E-state index in [1.165, 1.54) is 17.1 Å². The standard InChI is InChI=1S/C11H13NO4/c13-9-5-6-10(14)12(9)8-3-1-7(2-4-8)11(15)16/h5-8H,1-4H2,(H,15,16)/p-1. The summed E-state index contributed by atoms with van der Waals surface area (Å²) in [7, 11) is 0. The zero-order valence-corrected chi connectivity index (χ0v) is 8.72. The largest absolute Gasteiger partial charge is 0.550 e. The van der Waals surface area contributed by atoms with Crippen molar-refractivity contribution in [2.45, 2.75) is 31.7 Å². The second-order valence-corrected chi connectivity index (χ2v) is 4.20. The molecule has 5 heteroatoms. The third kappa shape index (κ3) is 1.85. The summed E-state index contributed by atoms with van der Waals surface area (Å²) in [5.41, 5.74) is 0. The van der Waals surface area contributed by atoms with Gasteiger partial charge in [-0.25, -0.2) is 0 Å². The molecule has 0 saturated heterocycles. The van der Waals surface area contributed by atoms with Crippen molar-refractivity contribution < 1.29 is 19.5 Å². The first-order valence-electron chi connectivity index (χ1n) is 5.35. The molecule has 0 atom stereocenters. The molecule has 2 amide bonds. The van der Waals surface area contributed by atoms with Crippen molar-refractivity contribution in [3.05, 3.63) is 12.2 Å². The zero-order valence-electron chi connectivity index (χ0n) is 8.72. The van der Waals surface area contributed by atoms with Gasteiger partial charge in [-0.05, 0) is 31.6 Å². The molecule has 86 valence electrons. The maximum absolute atomic E-state index is 11.4. The van der Waals surface area contributed by atoms with Gasteiger partial charge in [-0.1, -0.05) is 0 Å². The fraction of sp³-hybridized carbons (Fsp3) is 0.545. The van der Waals surface area contributed by atoms with Crippen molar-refractivity contribution in [2.75, 3.05) is 0 Å². The molecular formula is C11H12NO4-. The van der Waals surface area contributed by atoms with Crippen molar-refractivity contribution >= 4 is 17.8 Å². The fourth-order valence-corrected chi connectivity index (χ4v) is 2.34. The van der Waals surface area contributed by atoms with Crippen LogP contribution in [0, 0.1) is 5.92 Å². The van der Waals surface area contributed by atoms with E-state index >= 15 is 0 Å². The average Bonchev–Trinajstić information content (AvgIpc) is 2.59. The molecule has 5 nitrogen and oxygen atoms in total. The molecule has 2 rings (SSSR count). The van der Waals surface area contributed by atoms with Gasteiger partial charge in [0.1, 0.15) is 0 Å². The Hall–Kier alpha value is -1.65. The van der Waals surface area contributed by atoms with Gasteiger partial charge in [0, 0.05) is 24.2 Å². The molecular weight excluding hydrogens is 210 g/mol. The highest BCUT2D eigenvalue weighted by Crippen LogP contribution is 2.28. The summed E-state index contributed by atoms with van der Waals surface area (Å²) in [6.45, 7) is 0. The van der Waals surface area contributed by atoms with Gasteiger partial charge in [-0.2, -0.15) is 0 Å². The predicted octanol–water partition coefficient (Wildman–Crippen LogP) is -0.780. The van der Waals surface area contributed by atoms with Gasteiger partial charge >= 0.3 is 0 Å². The Bertz CT molecular complexity index is 348. The van der Waals surface area contributed by atoms with Crippen LogP contribution in [0.1, 0.15) is 25.7 Å². The lowest BCUT2D eigenvalue weighted by molar-refractivity contribution is -0.312. The first kappa shape index (κ1) is 10.9. The summed E-state index contributed by atoms with van der Waals surface area (Å²) >= 11 is 0. The molecule has 1 aliphatic carbocycles. The molecule has 0 bridgehead atoms.